The number of sulfonamides is 1. The maximum atomic E-state index is 13.3. The maximum absolute atomic E-state index is 13.3. The summed E-state index contributed by atoms with van der Waals surface area (Å²) in [5.74, 6) is -1.06. The van der Waals surface area contributed by atoms with Gasteiger partial charge in [0, 0.05) is 21.6 Å². The highest BCUT2D eigenvalue weighted by Gasteiger charge is 2.38. The lowest BCUT2D eigenvalue weighted by Crippen LogP contribution is -2.52. The predicted octanol–water partition coefficient (Wildman–Crippen LogP) is 3.43. The third kappa shape index (κ3) is 6.25. The Morgan fingerprint density at radius 2 is 1.97 bits per heavy atom. The second kappa shape index (κ2) is 11.4. The molecule has 12 heteroatoms. The highest BCUT2D eigenvalue weighted by atomic mass is 32.2. The van der Waals surface area contributed by atoms with Crippen molar-refractivity contribution in [3.63, 3.8) is 0 Å². The molecule has 0 saturated carbocycles. The first-order valence-corrected chi connectivity index (χ1v) is 15.2. The molecule has 1 saturated heterocycles. The summed E-state index contributed by atoms with van der Waals surface area (Å²) >= 11 is 2.92. The number of nitrogens with zero attached hydrogens (tertiary/aromatic N) is 2. The van der Waals surface area contributed by atoms with E-state index in [4.69, 9.17) is 0 Å². The number of carbonyl (C=O) groups is 3. The number of hydrogen-bond acceptors (Lipinski definition) is 8. The zero-order valence-corrected chi connectivity index (χ0v) is 23.3. The molecule has 0 bridgehead atoms. The minimum Gasteiger partial charge on any atom is -0.344 e. The van der Waals surface area contributed by atoms with Crippen LogP contribution in [-0.2, 0) is 19.6 Å². The van der Waals surface area contributed by atoms with Crippen LogP contribution in [0.15, 0.2) is 46.9 Å². The average Bonchev–Trinajstić information content (AvgIpc) is 3.43. The van der Waals surface area contributed by atoms with Crippen molar-refractivity contribution in [2.75, 3.05) is 6.54 Å². The molecule has 3 aromatic rings. The van der Waals surface area contributed by atoms with E-state index >= 15 is 0 Å². The summed E-state index contributed by atoms with van der Waals surface area (Å²) in [5.41, 5.74) is 0. The Hall–Kier alpha value is -2.67. The van der Waals surface area contributed by atoms with E-state index in [9.17, 15) is 22.8 Å². The molecular weight excluding hydrogens is 532 g/mol. The number of ketones is 1. The van der Waals surface area contributed by atoms with E-state index in [1.807, 2.05) is 31.4 Å². The van der Waals surface area contributed by atoms with Gasteiger partial charge in [-0.1, -0.05) is 19.9 Å². The molecule has 198 valence electrons. The largest absolute Gasteiger partial charge is 0.344 e. The van der Waals surface area contributed by atoms with E-state index in [1.165, 1.54) is 23.6 Å². The highest BCUT2D eigenvalue weighted by Crippen LogP contribution is 2.30. The van der Waals surface area contributed by atoms with Gasteiger partial charge in [0.2, 0.25) is 5.91 Å². The second-order valence-corrected chi connectivity index (χ2v) is 13.5. The van der Waals surface area contributed by atoms with Crippen molar-refractivity contribution in [1.82, 2.24) is 19.9 Å². The second-order valence-electron chi connectivity index (χ2n) is 9.59. The van der Waals surface area contributed by atoms with E-state index in [0.717, 1.165) is 13.7 Å². The Labute approximate surface area is 224 Å². The SMILES string of the molecule is CC(C)C[C@H](NC(=O)c1cc2sccc2s1)C(=O)N[C@H]1CCC(C)N(S(=O)(=O)c2ccccn2)CC1=O. The maximum Gasteiger partial charge on any atom is 0.262 e. The van der Waals surface area contributed by atoms with Crippen LogP contribution in [0, 0.1) is 5.92 Å². The first-order chi connectivity index (χ1) is 17.6. The van der Waals surface area contributed by atoms with Gasteiger partial charge in [-0.15, -0.1) is 22.7 Å². The van der Waals surface area contributed by atoms with Crippen molar-refractivity contribution < 1.29 is 22.8 Å². The van der Waals surface area contributed by atoms with Gasteiger partial charge in [-0.25, -0.2) is 13.4 Å². The number of aromatic nitrogens is 1. The lowest BCUT2D eigenvalue weighted by Gasteiger charge is -2.25. The van der Waals surface area contributed by atoms with Crippen LogP contribution in [0.25, 0.3) is 9.40 Å². The van der Waals surface area contributed by atoms with Gasteiger partial charge in [0.25, 0.3) is 15.9 Å². The molecule has 0 aromatic carbocycles. The number of nitrogens with one attached hydrogen (secondary N) is 2. The molecule has 0 aliphatic carbocycles. The molecule has 2 amide bonds. The lowest BCUT2D eigenvalue weighted by molar-refractivity contribution is -0.129. The van der Waals surface area contributed by atoms with Crippen LogP contribution < -0.4 is 10.6 Å². The quantitative estimate of drug-likeness (QED) is 0.433. The van der Waals surface area contributed by atoms with Gasteiger partial charge < -0.3 is 10.6 Å². The van der Waals surface area contributed by atoms with Crippen LogP contribution >= 0.6 is 22.7 Å². The summed E-state index contributed by atoms with van der Waals surface area (Å²) in [5, 5.41) is 7.47. The summed E-state index contributed by atoms with van der Waals surface area (Å²) in [6, 6.07) is 6.24. The summed E-state index contributed by atoms with van der Waals surface area (Å²) in [6.45, 7) is 5.28. The zero-order chi connectivity index (χ0) is 26.7. The first kappa shape index (κ1) is 27.4. The van der Waals surface area contributed by atoms with E-state index in [2.05, 4.69) is 15.6 Å². The highest BCUT2D eigenvalue weighted by molar-refractivity contribution is 7.89. The number of hydrogen-bond donors (Lipinski definition) is 2. The van der Waals surface area contributed by atoms with Crippen LogP contribution in [0.4, 0.5) is 0 Å². The Morgan fingerprint density at radius 3 is 2.65 bits per heavy atom. The molecule has 1 aliphatic rings. The van der Waals surface area contributed by atoms with Gasteiger partial charge in [0.1, 0.15) is 6.04 Å². The molecule has 1 unspecified atom stereocenters. The van der Waals surface area contributed by atoms with Gasteiger partial charge in [0.15, 0.2) is 10.8 Å². The fraction of sp³-hybridized carbons (Fsp3) is 0.440. The number of rotatable bonds is 8. The molecule has 2 N–H and O–H groups in total. The fourth-order valence-electron chi connectivity index (χ4n) is 4.31. The van der Waals surface area contributed by atoms with Crippen LogP contribution in [0.2, 0.25) is 0 Å². The van der Waals surface area contributed by atoms with Crippen molar-refractivity contribution in [2.45, 2.75) is 63.2 Å². The molecule has 3 atom stereocenters. The number of Topliss-reactive ketones (excluding diaryl/α,β-unsaturated/α-hetero) is 1. The molecule has 4 rings (SSSR count). The number of thiophene rings is 2. The summed E-state index contributed by atoms with van der Waals surface area (Å²) < 4.78 is 29.5. The van der Waals surface area contributed by atoms with Crippen LogP contribution in [0.3, 0.4) is 0 Å². The molecular formula is C25H30N4O5S3. The van der Waals surface area contributed by atoms with Crippen molar-refractivity contribution in [1.29, 1.82) is 0 Å². The fourth-order valence-corrected chi connectivity index (χ4v) is 7.88. The average molecular weight is 563 g/mol. The van der Waals surface area contributed by atoms with Crippen molar-refractivity contribution >= 4 is 59.7 Å². The van der Waals surface area contributed by atoms with Crippen molar-refractivity contribution in [3.8, 4) is 0 Å². The molecule has 0 radical (unpaired) electrons. The van der Waals surface area contributed by atoms with Crippen LogP contribution in [0.1, 0.15) is 49.7 Å². The zero-order valence-electron chi connectivity index (χ0n) is 20.8. The molecule has 4 heterocycles. The van der Waals surface area contributed by atoms with Gasteiger partial charge in [0.05, 0.1) is 17.5 Å². The molecule has 1 aliphatic heterocycles. The number of carbonyl (C=O) groups excluding carboxylic acids is 3. The molecule has 1 fully saturated rings. The summed E-state index contributed by atoms with van der Waals surface area (Å²) in [4.78, 5) is 43.8. The first-order valence-electron chi connectivity index (χ1n) is 12.1. The number of amides is 2. The Kier molecular flexibility index (Phi) is 8.42. The van der Waals surface area contributed by atoms with Crippen LogP contribution in [0.5, 0.6) is 0 Å². The Bertz CT molecular complexity index is 1350. The smallest absolute Gasteiger partial charge is 0.262 e. The van der Waals surface area contributed by atoms with Gasteiger partial charge >= 0.3 is 0 Å². The van der Waals surface area contributed by atoms with Gasteiger partial charge in [-0.3, -0.25) is 14.4 Å². The number of fused-ring (bicyclic) bond motifs is 1. The van der Waals surface area contributed by atoms with E-state index in [0.29, 0.717) is 24.1 Å². The van der Waals surface area contributed by atoms with E-state index in [1.54, 1.807) is 30.4 Å². The topological polar surface area (TPSA) is 126 Å². The van der Waals surface area contributed by atoms with E-state index < -0.39 is 39.8 Å². The minimum atomic E-state index is -3.97. The minimum absolute atomic E-state index is 0.117. The normalized spacial score (nSPS) is 20.1. The molecule has 0 spiro atoms. The van der Waals surface area contributed by atoms with E-state index in [-0.39, 0.29) is 23.4 Å². The third-order valence-corrected chi connectivity index (χ3v) is 10.3. The van der Waals surface area contributed by atoms with Gasteiger partial charge in [-0.2, -0.15) is 4.31 Å². The Balaban J connectivity index is 1.46. The van der Waals surface area contributed by atoms with Crippen molar-refractivity contribution in [3.05, 3.63) is 46.8 Å². The molecule has 37 heavy (non-hydrogen) atoms. The van der Waals surface area contributed by atoms with Crippen molar-refractivity contribution in [2.24, 2.45) is 5.92 Å². The predicted molar refractivity (Wildman–Crippen MR) is 144 cm³/mol. The van der Waals surface area contributed by atoms with Crippen LogP contribution in [-0.4, -0.2) is 60.0 Å². The number of pyridine rings is 1. The molecule has 3 aromatic heterocycles. The monoisotopic (exact) mass is 562 g/mol. The summed E-state index contributed by atoms with van der Waals surface area (Å²) in [6.07, 6.45) is 2.47. The lowest BCUT2D eigenvalue weighted by atomic mass is 10.0. The Morgan fingerprint density at radius 1 is 1.19 bits per heavy atom. The summed E-state index contributed by atoms with van der Waals surface area (Å²) in [7, 11) is -3.97. The van der Waals surface area contributed by atoms with Gasteiger partial charge in [-0.05, 0) is 61.7 Å². The standard InChI is InChI=1S/C25H30N4O5S3/c1-15(2)12-18(28-25(32)22-13-21-20(36-22)9-11-35-21)24(31)27-17-8-7-16(3)29(14-19(17)30)37(33,34)23-6-4-5-10-26-23/h4-6,9-11,13,15-18H,7-8,12,14H2,1-3H3,(H,27,31)(H,28,32)/t16?,17-,18-/m0/s1. The third-order valence-electron chi connectivity index (χ3n) is 6.28. The molecule has 9 nitrogen and oxygen atoms in total.